The molecule has 0 fully saturated rings. The molecule has 28 heavy (non-hydrogen) atoms. The fourth-order valence-corrected chi connectivity index (χ4v) is 4.81. The summed E-state index contributed by atoms with van der Waals surface area (Å²) in [5, 5.41) is 4.17. The van der Waals surface area contributed by atoms with Gasteiger partial charge in [0.1, 0.15) is 0 Å². The van der Waals surface area contributed by atoms with E-state index in [9.17, 15) is 4.79 Å². The molecule has 0 bridgehead atoms. The van der Waals surface area contributed by atoms with Gasteiger partial charge in [0.25, 0.3) is 0 Å². The lowest BCUT2D eigenvalue weighted by molar-refractivity contribution is -0.119. The molecule has 5 heteroatoms. The van der Waals surface area contributed by atoms with Gasteiger partial charge in [0.2, 0.25) is 5.91 Å². The SMILES string of the molecule is CC(C)Cn1c(SCC(=O)N[C@@H]2CCCc3ccccc32)nc2ccccc21. The molecule has 146 valence electrons. The molecule has 1 aliphatic rings. The predicted molar refractivity (Wildman–Crippen MR) is 116 cm³/mol. The summed E-state index contributed by atoms with van der Waals surface area (Å²) in [6.07, 6.45) is 3.25. The third kappa shape index (κ3) is 4.09. The number of nitrogens with one attached hydrogen (secondary N) is 1. The van der Waals surface area contributed by atoms with E-state index in [1.54, 1.807) is 0 Å². The highest BCUT2D eigenvalue weighted by molar-refractivity contribution is 7.99. The number of hydrogen-bond donors (Lipinski definition) is 1. The summed E-state index contributed by atoms with van der Waals surface area (Å²) in [5.41, 5.74) is 4.78. The molecule has 4 rings (SSSR count). The number of fused-ring (bicyclic) bond motifs is 2. The van der Waals surface area contributed by atoms with Crippen molar-refractivity contribution in [1.29, 1.82) is 0 Å². The van der Waals surface area contributed by atoms with Gasteiger partial charge >= 0.3 is 0 Å². The summed E-state index contributed by atoms with van der Waals surface area (Å²) in [5.74, 6) is 0.986. The standard InChI is InChI=1S/C23H27N3OS/c1-16(2)14-26-21-13-6-5-11-20(21)25-23(26)28-15-22(27)24-19-12-7-9-17-8-3-4-10-18(17)19/h3-6,8,10-11,13,16,19H,7,9,12,14-15H2,1-2H3,(H,24,27)/t19-/m1/s1. The van der Waals surface area contributed by atoms with E-state index >= 15 is 0 Å². The monoisotopic (exact) mass is 393 g/mol. The van der Waals surface area contributed by atoms with Crippen molar-refractivity contribution in [2.45, 2.75) is 50.9 Å². The van der Waals surface area contributed by atoms with Gasteiger partial charge in [-0.1, -0.05) is 62.0 Å². The van der Waals surface area contributed by atoms with Crippen LogP contribution in [0.5, 0.6) is 0 Å². The molecule has 1 N–H and O–H groups in total. The summed E-state index contributed by atoms with van der Waals surface area (Å²) >= 11 is 1.53. The Labute approximate surface area is 170 Å². The van der Waals surface area contributed by atoms with E-state index in [0.717, 1.165) is 42.0 Å². The number of rotatable bonds is 6. The van der Waals surface area contributed by atoms with E-state index in [4.69, 9.17) is 4.98 Å². The van der Waals surface area contributed by atoms with Crippen LogP contribution in [0.1, 0.15) is 43.9 Å². The summed E-state index contributed by atoms with van der Waals surface area (Å²) in [6, 6.07) is 16.8. The van der Waals surface area contributed by atoms with Gasteiger partial charge in [-0.25, -0.2) is 4.98 Å². The van der Waals surface area contributed by atoms with Crippen molar-refractivity contribution in [2.75, 3.05) is 5.75 Å². The quantitative estimate of drug-likeness (QED) is 0.601. The Morgan fingerprint density at radius 2 is 2.00 bits per heavy atom. The van der Waals surface area contributed by atoms with Crippen LogP contribution in [0.15, 0.2) is 53.7 Å². The zero-order valence-corrected chi connectivity index (χ0v) is 17.3. The summed E-state index contributed by atoms with van der Waals surface area (Å²) in [7, 11) is 0. The van der Waals surface area contributed by atoms with E-state index in [2.05, 4.69) is 54.1 Å². The van der Waals surface area contributed by atoms with E-state index in [-0.39, 0.29) is 11.9 Å². The third-order valence-corrected chi connectivity index (χ3v) is 6.18. The average Bonchev–Trinajstić information content (AvgIpc) is 3.04. The maximum Gasteiger partial charge on any atom is 0.230 e. The molecule has 0 saturated heterocycles. The second-order valence-corrected chi connectivity index (χ2v) is 8.83. The Bertz CT molecular complexity index is 979. The van der Waals surface area contributed by atoms with Crippen LogP contribution < -0.4 is 5.32 Å². The van der Waals surface area contributed by atoms with Crippen LogP contribution in [0.25, 0.3) is 11.0 Å². The van der Waals surface area contributed by atoms with Gasteiger partial charge in [-0.05, 0) is 48.4 Å². The number of carbonyl (C=O) groups excluding carboxylic acids is 1. The highest BCUT2D eigenvalue weighted by atomic mass is 32.2. The summed E-state index contributed by atoms with van der Waals surface area (Å²) < 4.78 is 2.24. The fourth-order valence-electron chi connectivity index (χ4n) is 3.98. The summed E-state index contributed by atoms with van der Waals surface area (Å²) in [4.78, 5) is 17.4. The predicted octanol–water partition coefficient (Wildman–Crippen LogP) is 4.98. The van der Waals surface area contributed by atoms with Gasteiger partial charge in [0, 0.05) is 6.54 Å². The lowest BCUT2D eigenvalue weighted by Crippen LogP contribution is -2.32. The van der Waals surface area contributed by atoms with Gasteiger partial charge in [-0.3, -0.25) is 4.79 Å². The molecule has 2 aromatic carbocycles. The van der Waals surface area contributed by atoms with Crippen molar-refractivity contribution in [2.24, 2.45) is 5.92 Å². The maximum absolute atomic E-state index is 12.7. The first-order valence-corrected chi connectivity index (χ1v) is 11.1. The first-order chi connectivity index (χ1) is 13.6. The summed E-state index contributed by atoms with van der Waals surface area (Å²) in [6.45, 7) is 5.31. The zero-order valence-electron chi connectivity index (χ0n) is 16.5. The number of benzene rings is 2. The number of amides is 1. The van der Waals surface area contributed by atoms with Gasteiger partial charge in [-0.15, -0.1) is 0 Å². The van der Waals surface area contributed by atoms with Crippen LogP contribution >= 0.6 is 11.8 Å². The molecule has 1 heterocycles. The van der Waals surface area contributed by atoms with Crippen LogP contribution in [0.3, 0.4) is 0 Å². The molecule has 0 radical (unpaired) electrons. The Morgan fingerprint density at radius 3 is 2.86 bits per heavy atom. The molecule has 1 aromatic heterocycles. The number of nitrogens with zero attached hydrogens (tertiary/aromatic N) is 2. The topological polar surface area (TPSA) is 46.9 Å². The second kappa shape index (κ2) is 8.39. The van der Waals surface area contributed by atoms with Crippen molar-refractivity contribution in [1.82, 2.24) is 14.9 Å². The number of thioether (sulfide) groups is 1. The number of hydrogen-bond acceptors (Lipinski definition) is 3. The van der Waals surface area contributed by atoms with Gasteiger partial charge < -0.3 is 9.88 Å². The Morgan fingerprint density at radius 1 is 1.21 bits per heavy atom. The Balaban J connectivity index is 1.46. The second-order valence-electron chi connectivity index (χ2n) is 7.89. The molecular weight excluding hydrogens is 366 g/mol. The first-order valence-electron chi connectivity index (χ1n) is 10.1. The number of para-hydroxylation sites is 2. The van der Waals surface area contributed by atoms with Gasteiger partial charge in [-0.2, -0.15) is 0 Å². The molecule has 0 unspecified atom stereocenters. The minimum absolute atomic E-state index is 0.0786. The first kappa shape index (κ1) is 19.1. The van der Waals surface area contributed by atoms with Gasteiger partial charge in [0.15, 0.2) is 5.16 Å². The van der Waals surface area contributed by atoms with E-state index < -0.39 is 0 Å². The lowest BCUT2D eigenvalue weighted by Gasteiger charge is -2.26. The maximum atomic E-state index is 12.7. The van der Waals surface area contributed by atoms with Crippen molar-refractivity contribution in [3.05, 3.63) is 59.7 Å². The average molecular weight is 394 g/mol. The Kier molecular flexibility index (Phi) is 5.72. The molecule has 1 atom stereocenters. The molecular formula is C23H27N3OS. The number of carbonyl (C=O) groups is 1. The molecule has 4 nitrogen and oxygen atoms in total. The van der Waals surface area contributed by atoms with Crippen LogP contribution in [-0.4, -0.2) is 21.2 Å². The zero-order chi connectivity index (χ0) is 19.5. The molecule has 1 amide bonds. The van der Waals surface area contributed by atoms with Crippen LogP contribution in [-0.2, 0) is 17.8 Å². The lowest BCUT2D eigenvalue weighted by atomic mass is 9.88. The van der Waals surface area contributed by atoms with Crippen molar-refractivity contribution >= 4 is 28.7 Å². The van der Waals surface area contributed by atoms with Crippen LogP contribution in [0, 0.1) is 5.92 Å². The van der Waals surface area contributed by atoms with Crippen LogP contribution in [0.4, 0.5) is 0 Å². The smallest absolute Gasteiger partial charge is 0.230 e. The largest absolute Gasteiger partial charge is 0.349 e. The van der Waals surface area contributed by atoms with Crippen LogP contribution in [0.2, 0.25) is 0 Å². The highest BCUT2D eigenvalue weighted by Gasteiger charge is 2.22. The number of aromatic nitrogens is 2. The van der Waals surface area contributed by atoms with E-state index in [0.29, 0.717) is 11.7 Å². The molecule has 0 aliphatic heterocycles. The molecule has 0 saturated carbocycles. The number of imidazole rings is 1. The molecule has 3 aromatic rings. The highest BCUT2D eigenvalue weighted by Crippen LogP contribution is 2.30. The number of aryl methyl sites for hydroxylation is 1. The minimum atomic E-state index is 0.0786. The fraction of sp³-hybridized carbons (Fsp3) is 0.391. The van der Waals surface area contributed by atoms with Crippen molar-refractivity contribution in [3.63, 3.8) is 0 Å². The van der Waals surface area contributed by atoms with Gasteiger partial charge in [0.05, 0.1) is 22.8 Å². The minimum Gasteiger partial charge on any atom is -0.349 e. The van der Waals surface area contributed by atoms with Crippen molar-refractivity contribution in [3.8, 4) is 0 Å². The molecule has 0 spiro atoms. The Hall–Kier alpha value is -2.27. The van der Waals surface area contributed by atoms with E-state index in [1.165, 1.54) is 22.9 Å². The third-order valence-electron chi connectivity index (χ3n) is 5.20. The van der Waals surface area contributed by atoms with Crippen molar-refractivity contribution < 1.29 is 4.79 Å². The normalized spacial score (nSPS) is 16.3. The molecule has 1 aliphatic carbocycles. The van der Waals surface area contributed by atoms with E-state index in [1.807, 2.05) is 18.2 Å².